The number of benzene rings is 1. The van der Waals surface area contributed by atoms with E-state index in [4.69, 9.17) is 0 Å². The van der Waals surface area contributed by atoms with E-state index < -0.39 is 0 Å². The first kappa shape index (κ1) is 15.4. The largest absolute Gasteiger partial charge is 0.344 e. The van der Waals surface area contributed by atoms with E-state index in [1.165, 1.54) is 27.6 Å². The van der Waals surface area contributed by atoms with Crippen LogP contribution in [0.5, 0.6) is 0 Å². The number of fused-ring (bicyclic) bond motifs is 3. The Kier molecular flexibility index (Phi) is 3.89. The first-order valence-corrected chi connectivity index (χ1v) is 8.82. The van der Waals surface area contributed by atoms with Crippen molar-refractivity contribution in [2.75, 3.05) is 13.6 Å². The summed E-state index contributed by atoms with van der Waals surface area (Å²) in [6.45, 7) is 7.76. The molecule has 3 heterocycles. The molecule has 3 aromatic rings. The van der Waals surface area contributed by atoms with Crippen LogP contribution in [0.2, 0.25) is 0 Å². The third kappa shape index (κ3) is 2.53. The Hall–Kier alpha value is -2.13. The molecule has 0 radical (unpaired) electrons. The molecule has 0 unspecified atom stereocenters. The lowest BCUT2D eigenvalue weighted by molar-refractivity contribution is 0.309. The van der Waals surface area contributed by atoms with Gasteiger partial charge in [0.25, 0.3) is 0 Å². The van der Waals surface area contributed by atoms with Crippen molar-refractivity contribution in [3.05, 3.63) is 64.6 Å². The van der Waals surface area contributed by atoms with Crippen LogP contribution < -0.4 is 0 Å². The Morgan fingerprint density at radius 3 is 2.67 bits per heavy atom. The number of rotatable bonds is 3. The molecule has 4 rings (SSSR count). The van der Waals surface area contributed by atoms with Crippen LogP contribution in [-0.4, -0.2) is 28.0 Å². The maximum absolute atomic E-state index is 4.13. The van der Waals surface area contributed by atoms with Crippen molar-refractivity contribution in [3.63, 3.8) is 0 Å². The molecule has 0 saturated carbocycles. The minimum absolute atomic E-state index is 1.04. The zero-order chi connectivity index (χ0) is 16.7. The second-order valence-electron chi connectivity index (χ2n) is 7.07. The van der Waals surface area contributed by atoms with Crippen LogP contribution in [0.1, 0.15) is 27.9 Å². The fraction of sp³-hybridized carbons (Fsp3) is 0.381. The van der Waals surface area contributed by atoms with Crippen molar-refractivity contribution in [2.24, 2.45) is 0 Å². The van der Waals surface area contributed by atoms with Crippen LogP contribution in [-0.2, 0) is 25.9 Å². The average molecular weight is 319 g/mol. The van der Waals surface area contributed by atoms with Gasteiger partial charge in [-0.2, -0.15) is 0 Å². The van der Waals surface area contributed by atoms with Crippen LogP contribution in [0, 0.1) is 13.8 Å². The van der Waals surface area contributed by atoms with Gasteiger partial charge in [0.05, 0.1) is 0 Å². The van der Waals surface area contributed by atoms with Crippen molar-refractivity contribution in [1.82, 2.24) is 14.5 Å². The molecule has 24 heavy (non-hydrogen) atoms. The van der Waals surface area contributed by atoms with Crippen LogP contribution in [0.15, 0.2) is 36.7 Å². The van der Waals surface area contributed by atoms with Gasteiger partial charge in [0.2, 0.25) is 0 Å². The SMILES string of the molecule is Cc1ccc2c(c1C)c1c(n2CCc2ccncc2)CCN(C)C1. The molecule has 0 bridgehead atoms. The fourth-order valence-electron chi connectivity index (χ4n) is 4.01. The van der Waals surface area contributed by atoms with Crippen molar-refractivity contribution in [1.29, 1.82) is 0 Å². The highest BCUT2D eigenvalue weighted by Crippen LogP contribution is 2.34. The van der Waals surface area contributed by atoms with E-state index in [1.54, 1.807) is 11.3 Å². The molecule has 124 valence electrons. The van der Waals surface area contributed by atoms with Crippen molar-refractivity contribution in [2.45, 2.75) is 39.8 Å². The lowest BCUT2D eigenvalue weighted by Gasteiger charge is -2.24. The minimum Gasteiger partial charge on any atom is -0.344 e. The maximum Gasteiger partial charge on any atom is 0.0488 e. The van der Waals surface area contributed by atoms with E-state index in [0.717, 1.165) is 32.5 Å². The molecular formula is C21H25N3. The summed E-state index contributed by atoms with van der Waals surface area (Å²) < 4.78 is 2.57. The van der Waals surface area contributed by atoms with Gasteiger partial charge < -0.3 is 9.47 Å². The zero-order valence-electron chi connectivity index (χ0n) is 14.8. The molecule has 0 aliphatic carbocycles. The molecule has 1 aliphatic heterocycles. The molecule has 0 N–H and O–H groups in total. The van der Waals surface area contributed by atoms with Crippen LogP contribution in [0.25, 0.3) is 10.9 Å². The Balaban J connectivity index is 1.81. The van der Waals surface area contributed by atoms with Crippen molar-refractivity contribution >= 4 is 10.9 Å². The Morgan fingerprint density at radius 2 is 1.88 bits per heavy atom. The molecule has 2 aromatic heterocycles. The standard InChI is InChI=1S/C21H25N3/c1-15-4-5-20-21(16(15)2)18-14-23(3)12-9-19(18)24(20)13-8-17-6-10-22-11-7-17/h4-7,10-11H,8-9,12-14H2,1-3H3. The van der Waals surface area contributed by atoms with Gasteiger partial charge in [0.1, 0.15) is 0 Å². The maximum atomic E-state index is 4.13. The number of hydrogen-bond donors (Lipinski definition) is 0. The highest BCUT2D eigenvalue weighted by atomic mass is 15.1. The van der Waals surface area contributed by atoms with E-state index in [-0.39, 0.29) is 0 Å². The molecule has 0 saturated heterocycles. The van der Waals surface area contributed by atoms with Gasteiger partial charge in [-0.05, 0) is 67.8 Å². The Morgan fingerprint density at radius 1 is 1.08 bits per heavy atom. The van der Waals surface area contributed by atoms with E-state index >= 15 is 0 Å². The normalized spacial score (nSPS) is 15.0. The number of hydrogen-bond acceptors (Lipinski definition) is 2. The Labute approximate surface area is 143 Å². The number of aryl methyl sites for hydroxylation is 4. The number of likely N-dealkylation sites (N-methyl/N-ethyl adjacent to an activating group) is 1. The molecule has 0 amide bonds. The number of aromatic nitrogens is 2. The molecule has 3 nitrogen and oxygen atoms in total. The van der Waals surface area contributed by atoms with Gasteiger partial charge in [-0.15, -0.1) is 0 Å². The summed E-state index contributed by atoms with van der Waals surface area (Å²) in [4.78, 5) is 6.57. The van der Waals surface area contributed by atoms with Crippen molar-refractivity contribution in [3.8, 4) is 0 Å². The first-order chi connectivity index (χ1) is 11.6. The molecule has 0 atom stereocenters. The monoisotopic (exact) mass is 319 g/mol. The second-order valence-corrected chi connectivity index (χ2v) is 7.07. The third-order valence-electron chi connectivity index (χ3n) is 5.51. The lowest BCUT2D eigenvalue weighted by atomic mass is 9.99. The second kappa shape index (κ2) is 6.06. The topological polar surface area (TPSA) is 21.1 Å². The first-order valence-electron chi connectivity index (χ1n) is 8.82. The predicted octanol–water partition coefficient (Wildman–Crippen LogP) is 3.88. The summed E-state index contributed by atoms with van der Waals surface area (Å²) in [6, 6.07) is 8.85. The van der Waals surface area contributed by atoms with E-state index in [9.17, 15) is 0 Å². The minimum atomic E-state index is 1.04. The third-order valence-corrected chi connectivity index (χ3v) is 5.51. The summed E-state index contributed by atoms with van der Waals surface area (Å²) in [5.74, 6) is 0. The molecule has 0 fully saturated rings. The average Bonchev–Trinajstić information content (AvgIpc) is 2.90. The van der Waals surface area contributed by atoms with E-state index in [1.807, 2.05) is 12.4 Å². The lowest BCUT2D eigenvalue weighted by Crippen LogP contribution is -2.27. The van der Waals surface area contributed by atoms with Gasteiger partial charge in [-0.1, -0.05) is 6.07 Å². The number of pyridine rings is 1. The molecule has 3 heteroatoms. The zero-order valence-corrected chi connectivity index (χ0v) is 14.8. The predicted molar refractivity (Wildman–Crippen MR) is 99.4 cm³/mol. The number of nitrogens with zero attached hydrogens (tertiary/aromatic N) is 3. The highest BCUT2D eigenvalue weighted by Gasteiger charge is 2.23. The van der Waals surface area contributed by atoms with Crippen LogP contribution in [0.4, 0.5) is 0 Å². The van der Waals surface area contributed by atoms with Gasteiger partial charge in [-0.25, -0.2) is 0 Å². The van der Waals surface area contributed by atoms with Gasteiger partial charge >= 0.3 is 0 Å². The van der Waals surface area contributed by atoms with Gasteiger partial charge in [-0.3, -0.25) is 4.98 Å². The molecule has 1 aliphatic rings. The van der Waals surface area contributed by atoms with E-state index in [2.05, 4.69) is 59.6 Å². The summed E-state index contributed by atoms with van der Waals surface area (Å²) in [5, 5.41) is 1.49. The Bertz CT molecular complexity index is 877. The fourth-order valence-corrected chi connectivity index (χ4v) is 4.01. The summed E-state index contributed by atoms with van der Waals surface area (Å²) >= 11 is 0. The molecule has 1 aromatic carbocycles. The smallest absolute Gasteiger partial charge is 0.0488 e. The quantitative estimate of drug-likeness (QED) is 0.730. The summed E-state index contributed by atoms with van der Waals surface area (Å²) in [6.07, 6.45) is 5.99. The van der Waals surface area contributed by atoms with Gasteiger partial charge in [0.15, 0.2) is 0 Å². The summed E-state index contributed by atoms with van der Waals surface area (Å²) in [7, 11) is 2.23. The molecule has 0 spiro atoms. The summed E-state index contributed by atoms with van der Waals surface area (Å²) in [5.41, 5.74) is 8.71. The van der Waals surface area contributed by atoms with Crippen LogP contribution in [0.3, 0.4) is 0 Å². The van der Waals surface area contributed by atoms with Gasteiger partial charge in [0, 0.05) is 55.0 Å². The van der Waals surface area contributed by atoms with Crippen LogP contribution >= 0.6 is 0 Å². The van der Waals surface area contributed by atoms with Crippen molar-refractivity contribution < 1.29 is 0 Å². The van der Waals surface area contributed by atoms with E-state index in [0.29, 0.717) is 0 Å². The highest BCUT2D eigenvalue weighted by molar-refractivity contribution is 5.89. The molecular weight excluding hydrogens is 294 g/mol.